The van der Waals surface area contributed by atoms with Crippen molar-refractivity contribution in [2.24, 2.45) is 10.2 Å². The van der Waals surface area contributed by atoms with E-state index in [4.69, 9.17) is 4.74 Å². The second-order valence-corrected chi connectivity index (χ2v) is 8.40. The SMILES string of the molecule is CN=Nc1ccc(-c2ccn3nc(NC4CCN(C5COC5)CC4F)nc(NC)c23)nc1C. The first-order valence-electron chi connectivity index (χ1n) is 11.1. The Labute approximate surface area is 191 Å². The van der Waals surface area contributed by atoms with Crippen LogP contribution in [-0.2, 0) is 4.74 Å². The number of rotatable bonds is 6. The number of alkyl halides is 1. The molecule has 5 heterocycles. The topological polar surface area (TPSA) is 104 Å². The first kappa shape index (κ1) is 21.7. The van der Waals surface area contributed by atoms with E-state index < -0.39 is 6.17 Å². The highest BCUT2D eigenvalue weighted by Gasteiger charge is 2.35. The van der Waals surface area contributed by atoms with E-state index in [0.717, 1.165) is 34.7 Å². The Balaban J connectivity index is 1.40. The van der Waals surface area contributed by atoms with Crippen molar-refractivity contribution in [1.29, 1.82) is 0 Å². The minimum atomic E-state index is -0.997. The molecule has 0 spiro atoms. The van der Waals surface area contributed by atoms with Crippen LogP contribution in [0.3, 0.4) is 0 Å². The van der Waals surface area contributed by atoms with Crippen LogP contribution in [0, 0.1) is 6.92 Å². The predicted molar refractivity (Wildman–Crippen MR) is 124 cm³/mol. The number of hydrogen-bond donors (Lipinski definition) is 2. The van der Waals surface area contributed by atoms with Gasteiger partial charge in [0, 0.05) is 38.9 Å². The van der Waals surface area contributed by atoms with E-state index in [-0.39, 0.29) is 6.04 Å². The molecule has 2 N–H and O–H groups in total. The summed E-state index contributed by atoms with van der Waals surface area (Å²) in [5.41, 5.74) is 4.02. The molecule has 2 fully saturated rings. The Morgan fingerprint density at radius 3 is 2.73 bits per heavy atom. The molecule has 0 aliphatic carbocycles. The molecule has 174 valence electrons. The average Bonchev–Trinajstić information content (AvgIpc) is 3.19. The van der Waals surface area contributed by atoms with Crippen LogP contribution in [-0.4, -0.2) is 83.1 Å². The van der Waals surface area contributed by atoms with Gasteiger partial charge in [0.15, 0.2) is 5.82 Å². The number of aryl methyl sites for hydroxylation is 1. The third-order valence-electron chi connectivity index (χ3n) is 6.31. The lowest BCUT2D eigenvalue weighted by Gasteiger charge is -2.42. The number of anilines is 2. The molecule has 5 rings (SSSR count). The van der Waals surface area contributed by atoms with Gasteiger partial charge in [-0.2, -0.15) is 15.2 Å². The standard InChI is InChI=1S/C22H28FN9O/c1-13-17(29-25-3)4-5-18(26-13)15-6-9-32-20(15)21(24-2)28-22(30-32)27-19-7-8-31(10-16(19)23)14-11-33-12-14/h4-6,9,14,16,19H,7-8,10-12H2,1-3H3,(H2,24,27,28,30). The van der Waals surface area contributed by atoms with Crippen molar-refractivity contribution in [2.75, 3.05) is 51.0 Å². The summed E-state index contributed by atoms with van der Waals surface area (Å²) in [7, 11) is 3.44. The van der Waals surface area contributed by atoms with Crippen LogP contribution in [0.2, 0.25) is 0 Å². The van der Waals surface area contributed by atoms with Crippen molar-refractivity contribution in [2.45, 2.75) is 31.6 Å². The number of halogens is 1. The Morgan fingerprint density at radius 1 is 1.21 bits per heavy atom. The van der Waals surface area contributed by atoms with Crippen molar-refractivity contribution in [1.82, 2.24) is 24.5 Å². The summed E-state index contributed by atoms with van der Waals surface area (Å²) in [6.45, 7) is 4.54. The normalized spacial score (nSPS) is 22.1. The smallest absolute Gasteiger partial charge is 0.243 e. The molecule has 2 aliphatic rings. The molecule has 0 aromatic carbocycles. The fourth-order valence-corrected chi connectivity index (χ4v) is 4.41. The van der Waals surface area contributed by atoms with Gasteiger partial charge in [0.1, 0.15) is 17.4 Å². The van der Waals surface area contributed by atoms with Gasteiger partial charge in [-0.3, -0.25) is 9.88 Å². The van der Waals surface area contributed by atoms with Gasteiger partial charge >= 0.3 is 0 Å². The summed E-state index contributed by atoms with van der Waals surface area (Å²) in [6.07, 6.45) is 1.55. The number of piperidine rings is 1. The number of ether oxygens (including phenoxy) is 1. The fraction of sp³-hybridized carbons (Fsp3) is 0.500. The van der Waals surface area contributed by atoms with E-state index in [1.807, 2.05) is 38.4 Å². The number of aromatic nitrogens is 4. The number of pyridine rings is 1. The molecule has 11 heteroatoms. The second kappa shape index (κ2) is 8.99. The van der Waals surface area contributed by atoms with Crippen LogP contribution in [0.25, 0.3) is 16.8 Å². The van der Waals surface area contributed by atoms with Gasteiger partial charge in [-0.1, -0.05) is 0 Å². The van der Waals surface area contributed by atoms with Gasteiger partial charge in [-0.05, 0) is 31.5 Å². The summed E-state index contributed by atoms with van der Waals surface area (Å²) in [6, 6.07) is 5.78. The Bertz CT molecular complexity index is 1180. The van der Waals surface area contributed by atoms with Crippen LogP contribution in [0.15, 0.2) is 34.6 Å². The van der Waals surface area contributed by atoms with Crippen LogP contribution < -0.4 is 10.6 Å². The minimum absolute atomic E-state index is 0.330. The lowest BCUT2D eigenvalue weighted by Crippen LogP contribution is -2.57. The zero-order chi connectivity index (χ0) is 22.9. The largest absolute Gasteiger partial charge is 0.378 e. The molecule has 0 radical (unpaired) electrons. The molecule has 3 aromatic rings. The molecular weight excluding hydrogens is 425 g/mol. The highest BCUT2D eigenvalue weighted by Crippen LogP contribution is 2.31. The van der Waals surface area contributed by atoms with E-state index in [9.17, 15) is 4.39 Å². The minimum Gasteiger partial charge on any atom is -0.378 e. The molecule has 2 atom stereocenters. The average molecular weight is 454 g/mol. The van der Waals surface area contributed by atoms with Crippen LogP contribution >= 0.6 is 0 Å². The van der Waals surface area contributed by atoms with Crippen molar-refractivity contribution in [3.63, 3.8) is 0 Å². The maximum atomic E-state index is 14.9. The lowest BCUT2D eigenvalue weighted by atomic mass is 10.0. The zero-order valence-electron chi connectivity index (χ0n) is 19.0. The molecule has 10 nitrogen and oxygen atoms in total. The van der Waals surface area contributed by atoms with E-state index in [1.165, 1.54) is 0 Å². The van der Waals surface area contributed by atoms with Crippen molar-refractivity contribution in [3.8, 4) is 11.3 Å². The number of azo groups is 1. The number of likely N-dealkylation sites (tertiary alicyclic amines) is 1. The van der Waals surface area contributed by atoms with E-state index in [1.54, 1.807) is 11.6 Å². The first-order valence-corrected chi connectivity index (χ1v) is 11.1. The molecule has 0 amide bonds. The third-order valence-corrected chi connectivity index (χ3v) is 6.31. The first-order chi connectivity index (χ1) is 16.1. The maximum Gasteiger partial charge on any atom is 0.243 e. The number of hydrogen-bond acceptors (Lipinski definition) is 9. The summed E-state index contributed by atoms with van der Waals surface area (Å²) in [5.74, 6) is 1.04. The summed E-state index contributed by atoms with van der Waals surface area (Å²) in [4.78, 5) is 11.5. The maximum absolute atomic E-state index is 14.9. The van der Waals surface area contributed by atoms with Gasteiger partial charge in [-0.15, -0.1) is 5.10 Å². The lowest BCUT2D eigenvalue weighted by molar-refractivity contribution is -0.0794. The molecule has 2 saturated heterocycles. The Hall–Kier alpha value is -3.18. The molecule has 0 bridgehead atoms. The van der Waals surface area contributed by atoms with Gasteiger partial charge in [-0.25, -0.2) is 8.91 Å². The molecular formula is C22H28FN9O. The third kappa shape index (κ3) is 4.13. The second-order valence-electron chi connectivity index (χ2n) is 8.40. The summed E-state index contributed by atoms with van der Waals surface area (Å²) >= 11 is 0. The number of fused-ring (bicyclic) bond motifs is 1. The van der Waals surface area contributed by atoms with Crippen LogP contribution in [0.1, 0.15) is 12.1 Å². The fourth-order valence-electron chi connectivity index (χ4n) is 4.41. The van der Waals surface area contributed by atoms with E-state index in [2.05, 4.69) is 40.8 Å². The van der Waals surface area contributed by atoms with E-state index >= 15 is 0 Å². The monoisotopic (exact) mass is 453 g/mol. The van der Waals surface area contributed by atoms with Crippen molar-refractivity contribution < 1.29 is 9.13 Å². The van der Waals surface area contributed by atoms with Crippen LogP contribution in [0.5, 0.6) is 0 Å². The molecule has 2 aliphatic heterocycles. The molecule has 2 unspecified atom stereocenters. The Morgan fingerprint density at radius 2 is 2.06 bits per heavy atom. The molecule has 33 heavy (non-hydrogen) atoms. The van der Waals surface area contributed by atoms with Crippen molar-refractivity contribution in [3.05, 3.63) is 30.1 Å². The summed E-state index contributed by atoms with van der Waals surface area (Å²) in [5, 5.41) is 18.9. The Kier molecular flexibility index (Phi) is 5.90. The quantitative estimate of drug-likeness (QED) is 0.553. The van der Waals surface area contributed by atoms with Gasteiger partial charge < -0.3 is 15.4 Å². The van der Waals surface area contributed by atoms with Gasteiger partial charge in [0.05, 0.1) is 36.7 Å². The predicted octanol–water partition coefficient (Wildman–Crippen LogP) is 3.08. The van der Waals surface area contributed by atoms with Gasteiger partial charge in [0.2, 0.25) is 5.95 Å². The van der Waals surface area contributed by atoms with Crippen molar-refractivity contribution >= 4 is 23.0 Å². The molecule has 0 saturated carbocycles. The summed E-state index contributed by atoms with van der Waals surface area (Å²) < 4.78 is 21.9. The number of nitrogens with zero attached hydrogens (tertiary/aromatic N) is 7. The zero-order valence-corrected chi connectivity index (χ0v) is 19.0. The number of nitrogens with one attached hydrogen (secondary N) is 2. The van der Waals surface area contributed by atoms with E-state index in [0.29, 0.717) is 44.0 Å². The van der Waals surface area contributed by atoms with Crippen LogP contribution in [0.4, 0.5) is 21.8 Å². The highest BCUT2D eigenvalue weighted by molar-refractivity contribution is 5.87. The molecule has 3 aromatic heterocycles. The highest BCUT2D eigenvalue weighted by atomic mass is 19.1. The van der Waals surface area contributed by atoms with Gasteiger partial charge in [0.25, 0.3) is 0 Å².